The number of fused-ring (bicyclic) bond motifs is 1. The third kappa shape index (κ3) is 2.43. The van der Waals surface area contributed by atoms with Crippen LogP contribution < -0.4 is 11.0 Å². The molecule has 4 rings (SSSR count). The normalized spacial score (nSPS) is 10.8. The van der Waals surface area contributed by atoms with Crippen LogP contribution in [0.3, 0.4) is 0 Å². The average molecular weight is 321 g/mol. The van der Waals surface area contributed by atoms with Crippen LogP contribution in [0.1, 0.15) is 10.4 Å². The SMILES string of the molecule is O=C(Nc1cccc(-c2ncn[nH]2)c1)c1ccc2n[nH]c(=O)n2c1. The second-order valence-electron chi connectivity index (χ2n) is 5.04. The summed E-state index contributed by atoms with van der Waals surface area (Å²) in [5.41, 5.74) is 1.80. The molecule has 0 aliphatic heterocycles. The van der Waals surface area contributed by atoms with Crippen molar-refractivity contribution in [3.05, 3.63) is 65.0 Å². The van der Waals surface area contributed by atoms with E-state index in [-0.39, 0.29) is 5.91 Å². The van der Waals surface area contributed by atoms with Crippen molar-refractivity contribution in [2.45, 2.75) is 0 Å². The van der Waals surface area contributed by atoms with E-state index < -0.39 is 5.69 Å². The summed E-state index contributed by atoms with van der Waals surface area (Å²) in [5.74, 6) is 0.275. The fourth-order valence-electron chi connectivity index (χ4n) is 2.33. The van der Waals surface area contributed by atoms with E-state index in [1.807, 2.05) is 6.07 Å². The minimum Gasteiger partial charge on any atom is -0.322 e. The highest BCUT2D eigenvalue weighted by Crippen LogP contribution is 2.19. The molecule has 0 fully saturated rings. The molecule has 118 valence electrons. The summed E-state index contributed by atoms with van der Waals surface area (Å²) in [6.45, 7) is 0. The molecule has 0 atom stereocenters. The molecule has 0 unspecified atom stereocenters. The number of rotatable bonds is 3. The monoisotopic (exact) mass is 321 g/mol. The highest BCUT2D eigenvalue weighted by Gasteiger charge is 2.10. The summed E-state index contributed by atoms with van der Waals surface area (Å²) >= 11 is 0. The van der Waals surface area contributed by atoms with Crippen molar-refractivity contribution >= 4 is 17.2 Å². The van der Waals surface area contributed by atoms with Gasteiger partial charge >= 0.3 is 5.69 Å². The summed E-state index contributed by atoms with van der Waals surface area (Å²) in [5, 5.41) is 15.5. The van der Waals surface area contributed by atoms with Crippen molar-refractivity contribution in [2.75, 3.05) is 5.32 Å². The molecule has 3 aromatic heterocycles. The minimum atomic E-state index is -0.396. The minimum absolute atomic E-state index is 0.334. The van der Waals surface area contributed by atoms with Gasteiger partial charge in [0.05, 0.1) is 5.56 Å². The molecule has 4 aromatic rings. The topological polar surface area (TPSA) is 121 Å². The Labute approximate surface area is 134 Å². The molecule has 9 heteroatoms. The fourth-order valence-corrected chi connectivity index (χ4v) is 2.33. The predicted octanol–water partition coefficient (Wildman–Crippen LogP) is 1.06. The van der Waals surface area contributed by atoms with Crippen LogP contribution in [0.2, 0.25) is 0 Å². The van der Waals surface area contributed by atoms with Gasteiger partial charge in [0.25, 0.3) is 5.91 Å². The summed E-state index contributed by atoms with van der Waals surface area (Å²) in [6.07, 6.45) is 2.86. The Hall–Kier alpha value is -3.75. The maximum absolute atomic E-state index is 12.4. The number of H-pyrrole nitrogens is 2. The molecule has 0 spiro atoms. The van der Waals surface area contributed by atoms with Crippen molar-refractivity contribution in [2.24, 2.45) is 0 Å². The van der Waals surface area contributed by atoms with E-state index in [9.17, 15) is 9.59 Å². The number of aromatic nitrogens is 6. The number of nitrogens with one attached hydrogen (secondary N) is 3. The maximum Gasteiger partial charge on any atom is 0.347 e. The fraction of sp³-hybridized carbons (Fsp3) is 0. The van der Waals surface area contributed by atoms with Crippen molar-refractivity contribution < 1.29 is 4.79 Å². The van der Waals surface area contributed by atoms with E-state index in [0.29, 0.717) is 22.7 Å². The van der Waals surface area contributed by atoms with Crippen LogP contribution in [0, 0.1) is 0 Å². The molecule has 0 aliphatic carbocycles. The second-order valence-corrected chi connectivity index (χ2v) is 5.04. The number of carbonyl (C=O) groups is 1. The lowest BCUT2D eigenvalue weighted by atomic mass is 10.2. The zero-order valence-corrected chi connectivity index (χ0v) is 12.2. The van der Waals surface area contributed by atoms with Crippen LogP contribution in [-0.4, -0.2) is 35.7 Å². The lowest BCUT2D eigenvalue weighted by Gasteiger charge is -2.06. The van der Waals surface area contributed by atoms with Gasteiger partial charge in [-0.15, -0.1) is 0 Å². The van der Waals surface area contributed by atoms with Crippen LogP contribution in [-0.2, 0) is 0 Å². The molecule has 0 saturated carbocycles. The smallest absolute Gasteiger partial charge is 0.322 e. The summed E-state index contributed by atoms with van der Waals surface area (Å²) < 4.78 is 1.28. The molecule has 9 nitrogen and oxygen atoms in total. The molecular formula is C15H11N7O2. The van der Waals surface area contributed by atoms with E-state index in [4.69, 9.17) is 0 Å². The third-order valence-corrected chi connectivity index (χ3v) is 3.48. The number of hydrogen-bond acceptors (Lipinski definition) is 5. The first-order chi connectivity index (χ1) is 11.7. The molecule has 0 radical (unpaired) electrons. The van der Waals surface area contributed by atoms with Gasteiger partial charge in [-0.05, 0) is 24.3 Å². The number of carbonyl (C=O) groups excluding carboxylic acids is 1. The lowest BCUT2D eigenvalue weighted by Crippen LogP contribution is -2.15. The van der Waals surface area contributed by atoms with E-state index >= 15 is 0 Å². The van der Waals surface area contributed by atoms with Crippen molar-refractivity contribution in [1.29, 1.82) is 0 Å². The summed E-state index contributed by atoms with van der Waals surface area (Å²) in [4.78, 5) is 28.1. The van der Waals surface area contributed by atoms with Gasteiger partial charge < -0.3 is 5.32 Å². The van der Waals surface area contributed by atoms with Gasteiger partial charge in [0, 0.05) is 17.4 Å². The van der Waals surface area contributed by atoms with Crippen LogP contribution in [0.15, 0.2) is 53.7 Å². The Morgan fingerprint density at radius 1 is 1.17 bits per heavy atom. The summed E-state index contributed by atoms with van der Waals surface area (Å²) in [6, 6.07) is 10.4. The highest BCUT2D eigenvalue weighted by molar-refractivity contribution is 6.04. The first-order valence-corrected chi connectivity index (χ1v) is 7.05. The number of benzene rings is 1. The maximum atomic E-state index is 12.4. The molecule has 3 N–H and O–H groups in total. The van der Waals surface area contributed by atoms with Crippen molar-refractivity contribution in [3.63, 3.8) is 0 Å². The van der Waals surface area contributed by atoms with Gasteiger partial charge in [0.15, 0.2) is 11.5 Å². The Balaban J connectivity index is 1.62. The van der Waals surface area contributed by atoms with Gasteiger partial charge in [-0.25, -0.2) is 19.3 Å². The molecule has 1 aromatic carbocycles. The van der Waals surface area contributed by atoms with Crippen molar-refractivity contribution in [3.8, 4) is 11.4 Å². The average Bonchev–Trinajstić information content (AvgIpc) is 3.25. The molecule has 24 heavy (non-hydrogen) atoms. The van der Waals surface area contributed by atoms with Gasteiger partial charge in [-0.2, -0.15) is 10.2 Å². The molecule has 1 amide bonds. The van der Waals surface area contributed by atoms with Crippen LogP contribution >= 0.6 is 0 Å². The molecule has 0 bridgehead atoms. The molecule has 0 aliphatic rings. The number of hydrogen-bond donors (Lipinski definition) is 3. The zero-order chi connectivity index (χ0) is 16.5. The first-order valence-electron chi connectivity index (χ1n) is 7.05. The zero-order valence-electron chi connectivity index (χ0n) is 12.2. The van der Waals surface area contributed by atoms with Gasteiger partial charge in [-0.1, -0.05) is 12.1 Å². The molecule has 3 heterocycles. The van der Waals surface area contributed by atoms with Crippen LogP contribution in [0.4, 0.5) is 5.69 Å². The third-order valence-electron chi connectivity index (χ3n) is 3.48. The van der Waals surface area contributed by atoms with Gasteiger partial charge in [0.2, 0.25) is 0 Å². The Kier molecular flexibility index (Phi) is 3.16. The van der Waals surface area contributed by atoms with Gasteiger partial charge in [0.1, 0.15) is 6.33 Å². The number of aromatic amines is 2. The van der Waals surface area contributed by atoms with Crippen LogP contribution in [0.25, 0.3) is 17.0 Å². The van der Waals surface area contributed by atoms with E-state index in [2.05, 4.69) is 30.7 Å². The Morgan fingerprint density at radius 2 is 2.08 bits per heavy atom. The quantitative estimate of drug-likeness (QED) is 0.521. The Bertz CT molecular complexity index is 1080. The summed E-state index contributed by atoms with van der Waals surface area (Å²) in [7, 11) is 0. The second kappa shape index (κ2) is 5.47. The number of pyridine rings is 1. The van der Waals surface area contributed by atoms with E-state index in [1.54, 1.807) is 30.3 Å². The van der Waals surface area contributed by atoms with Crippen molar-refractivity contribution in [1.82, 2.24) is 29.8 Å². The lowest BCUT2D eigenvalue weighted by molar-refractivity contribution is 0.102. The van der Waals surface area contributed by atoms with E-state index in [0.717, 1.165) is 5.56 Å². The molecular weight excluding hydrogens is 310 g/mol. The highest BCUT2D eigenvalue weighted by atomic mass is 16.2. The number of anilines is 1. The largest absolute Gasteiger partial charge is 0.347 e. The molecule has 0 saturated heterocycles. The number of amides is 1. The van der Waals surface area contributed by atoms with E-state index in [1.165, 1.54) is 16.9 Å². The van der Waals surface area contributed by atoms with Gasteiger partial charge in [-0.3, -0.25) is 9.89 Å². The Morgan fingerprint density at radius 3 is 2.92 bits per heavy atom. The standard InChI is InChI=1S/C15H11N7O2/c23-14(10-4-5-12-19-21-15(24)22(12)7-10)18-11-3-1-2-9(6-11)13-16-8-17-20-13/h1-8H,(H,18,23)(H,21,24)(H,16,17,20). The predicted molar refractivity (Wildman–Crippen MR) is 85.6 cm³/mol. The number of nitrogens with zero attached hydrogens (tertiary/aromatic N) is 4. The van der Waals surface area contributed by atoms with Crippen LogP contribution in [0.5, 0.6) is 0 Å². The first kappa shape index (κ1) is 13.9.